The molecule has 0 radical (unpaired) electrons. The van der Waals surface area contributed by atoms with Crippen LogP contribution in [0, 0.1) is 0 Å². The number of benzene rings is 2. The Morgan fingerprint density at radius 1 is 1.07 bits per heavy atom. The number of ether oxygens (including phenoxy) is 1. The molecule has 1 fully saturated rings. The summed E-state index contributed by atoms with van der Waals surface area (Å²) < 4.78 is 5.38. The number of halogens is 1. The summed E-state index contributed by atoms with van der Waals surface area (Å²) in [6.45, 7) is 2.87. The smallest absolute Gasteiger partial charge is 0.321 e. The van der Waals surface area contributed by atoms with Crippen LogP contribution in [0.15, 0.2) is 53.5 Å². The molecule has 1 saturated heterocycles. The third-order valence-corrected chi connectivity index (χ3v) is 4.89. The molecule has 0 aliphatic carbocycles. The number of hydrogen-bond acceptors (Lipinski definition) is 3. The van der Waals surface area contributed by atoms with Gasteiger partial charge in [-0.1, -0.05) is 30.3 Å². The largest absolute Gasteiger partial charge is 0.496 e. The number of para-hydroxylation sites is 1. The Labute approximate surface area is 195 Å². The maximum absolute atomic E-state index is 12.3. The van der Waals surface area contributed by atoms with Crippen LogP contribution in [-0.4, -0.2) is 44.1 Å². The third kappa shape index (κ3) is 6.79. The SMILES string of the molecule is CN=C(NCc1cccc(NC(=O)N2CCCC2)c1)NCc1ccccc1OC.I. The first-order valence-electron chi connectivity index (χ1n) is 9.91. The number of amides is 2. The van der Waals surface area contributed by atoms with Crippen LogP contribution in [0.1, 0.15) is 24.0 Å². The lowest BCUT2D eigenvalue weighted by atomic mass is 10.2. The third-order valence-electron chi connectivity index (χ3n) is 4.89. The fraction of sp³-hybridized carbons (Fsp3) is 0.364. The summed E-state index contributed by atoms with van der Waals surface area (Å²) in [6, 6.07) is 15.7. The van der Waals surface area contributed by atoms with E-state index in [9.17, 15) is 4.79 Å². The lowest BCUT2D eigenvalue weighted by Crippen LogP contribution is -2.36. The quantitative estimate of drug-likeness (QED) is 0.306. The zero-order valence-corrected chi connectivity index (χ0v) is 19.8. The van der Waals surface area contributed by atoms with E-state index in [1.165, 1.54) is 0 Å². The maximum atomic E-state index is 12.3. The average Bonchev–Trinajstić information content (AvgIpc) is 3.29. The van der Waals surface area contributed by atoms with Gasteiger partial charge in [-0.2, -0.15) is 0 Å². The summed E-state index contributed by atoms with van der Waals surface area (Å²) in [5, 5.41) is 9.59. The number of likely N-dealkylation sites (tertiary alicyclic amines) is 1. The van der Waals surface area contributed by atoms with Crippen molar-refractivity contribution < 1.29 is 9.53 Å². The second-order valence-electron chi connectivity index (χ2n) is 6.92. The van der Waals surface area contributed by atoms with Crippen molar-refractivity contribution in [1.29, 1.82) is 0 Å². The summed E-state index contributed by atoms with van der Waals surface area (Å²) in [7, 11) is 3.41. The Bertz CT molecular complexity index is 853. The van der Waals surface area contributed by atoms with E-state index in [-0.39, 0.29) is 30.0 Å². The topological polar surface area (TPSA) is 78.0 Å². The van der Waals surface area contributed by atoms with Gasteiger partial charge in [0.05, 0.1) is 7.11 Å². The number of urea groups is 1. The van der Waals surface area contributed by atoms with Crippen LogP contribution in [0.25, 0.3) is 0 Å². The zero-order chi connectivity index (χ0) is 20.5. The molecule has 0 aromatic heterocycles. The number of nitrogens with one attached hydrogen (secondary N) is 3. The zero-order valence-electron chi connectivity index (χ0n) is 17.5. The molecule has 0 atom stereocenters. The highest BCUT2D eigenvalue weighted by Gasteiger charge is 2.17. The maximum Gasteiger partial charge on any atom is 0.321 e. The van der Waals surface area contributed by atoms with Crippen molar-refractivity contribution in [2.75, 3.05) is 32.6 Å². The van der Waals surface area contributed by atoms with Gasteiger partial charge in [0.1, 0.15) is 5.75 Å². The fourth-order valence-corrected chi connectivity index (χ4v) is 3.32. The molecule has 30 heavy (non-hydrogen) atoms. The van der Waals surface area contributed by atoms with Crippen molar-refractivity contribution in [1.82, 2.24) is 15.5 Å². The number of carbonyl (C=O) groups is 1. The van der Waals surface area contributed by atoms with E-state index in [0.29, 0.717) is 19.0 Å². The van der Waals surface area contributed by atoms with Gasteiger partial charge in [-0.15, -0.1) is 24.0 Å². The van der Waals surface area contributed by atoms with E-state index in [1.807, 2.05) is 53.4 Å². The van der Waals surface area contributed by atoms with Crippen LogP contribution in [0.4, 0.5) is 10.5 Å². The van der Waals surface area contributed by atoms with Crippen LogP contribution in [0.5, 0.6) is 5.75 Å². The molecule has 8 heteroatoms. The predicted octanol–water partition coefficient (Wildman–Crippen LogP) is 3.81. The molecule has 1 aliphatic heterocycles. The average molecular weight is 523 g/mol. The van der Waals surface area contributed by atoms with E-state index < -0.39 is 0 Å². The highest BCUT2D eigenvalue weighted by molar-refractivity contribution is 14.0. The molecule has 7 nitrogen and oxygen atoms in total. The minimum atomic E-state index is -0.0260. The highest BCUT2D eigenvalue weighted by atomic mass is 127. The molecule has 1 heterocycles. The molecule has 0 spiro atoms. The van der Waals surface area contributed by atoms with Gasteiger partial charge in [-0.05, 0) is 36.6 Å². The van der Waals surface area contributed by atoms with Crippen molar-refractivity contribution in [3.05, 3.63) is 59.7 Å². The molecular weight excluding hydrogens is 493 g/mol. The Morgan fingerprint density at radius 2 is 1.80 bits per heavy atom. The monoisotopic (exact) mass is 523 g/mol. The molecule has 162 valence electrons. The summed E-state index contributed by atoms with van der Waals surface area (Å²) in [5.74, 6) is 1.54. The Balaban J connectivity index is 0.00000320. The predicted molar refractivity (Wildman–Crippen MR) is 132 cm³/mol. The summed E-state index contributed by atoms with van der Waals surface area (Å²) in [4.78, 5) is 18.4. The number of hydrogen-bond donors (Lipinski definition) is 3. The molecule has 0 saturated carbocycles. The standard InChI is InChI=1S/C22H29N5O2.HI/c1-23-21(25-16-18-9-3-4-11-20(18)29-2)24-15-17-8-7-10-19(14-17)26-22(28)27-12-5-6-13-27;/h3-4,7-11,14H,5-6,12-13,15-16H2,1-2H3,(H,26,28)(H2,23,24,25);1H. The lowest BCUT2D eigenvalue weighted by molar-refractivity contribution is 0.222. The first kappa shape index (κ1) is 23.8. The number of carbonyl (C=O) groups excluding carboxylic acids is 1. The molecule has 3 rings (SSSR count). The van der Waals surface area contributed by atoms with Crippen molar-refractivity contribution in [3.63, 3.8) is 0 Å². The normalized spacial score (nSPS) is 13.4. The van der Waals surface area contributed by atoms with Crippen molar-refractivity contribution >= 4 is 41.7 Å². The number of anilines is 1. The van der Waals surface area contributed by atoms with Crippen LogP contribution < -0.4 is 20.7 Å². The van der Waals surface area contributed by atoms with Gasteiger partial charge in [0, 0.05) is 44.5 Å². The van der Waals surface area contributed by atoms with E-state index >= 15 is 0 Å². The van der Waals surface area contributed by atoms with Gasteiger partial charge < -0.3 is 25.6 Å². The van der Waals surface area contributed by atoms with Gasteiger partial charge >= 0.3 is 6.03 Å². The molecule has 2 aromatic rings. The van der Waals surface area contributed by atoms with Crippen molar-refractivity contribution in [2.45, 2.75) is 25.9 Å². The molecule has 3 N–H and O–H groups in total. The highest BCUT2D eigenvalue weighted by Crippen LogP contribution is 2.17. The van der Waals surface area contributed by atoms with Crippen LogP contribution in [0.3, 0.4) is 0 Å². The minimum Gasteiger partial charge on any atom is -0.496 e. The number of guanidine groups is 1. The summed E-state index contributed by atoms with van der Waals surface area (Å²) in [6.07, 6.45) is 2.16. The van der Waals surface area contributed by atoms with Gasteiger partial charge in [0.2, 0.25) is 0 Å². The van der Waals surface area contributed by atoms with E-state index in [0.717, 1.165) is 48.5 Å². The summed E-state index contributed by atoms with van der Waals surface area (Å²) in [5.41, 5.74) is 2.92. The Morgan fingerprint density at radius 3 is 2.53 bits per heavy atom. The Kier molecular flexibility index (Phi) is 9.72. The second-order valence-corrected chi connectivity index (χ2v) is 6.92. The number of methoxy groups -OCH3 is 1. The Hall–Kier alpha value is -2.49. The number of nitrogens with zero attached hydrogens (tertiary/aromatic N) is 2. The van der Waals surface area contributed by atoms with Crippen LogP contribution >= 0.6 is 24.0 Å². The van der Waals surface area contributed by atoms with Crippen molar-refractivity contribution in [2.24, 2.45) is 4.99 Å². The molecule has 1 aliphatic rings. The molecule has 0 unspecified atom stereocenters. The molecule has 2 aromatic carbocycles. The number of aliphatic imine (C=N–C) groups is 1. The second kappa shape index (κ2) is 12.3. The molecular formula is C22H30IN5O2. The van der Waals surface area contributed by atoms with Gasteiger partial charge in [0.25, 0.3) is 0 Å². The van der Waals surface area contributed by atoms with E-state index in [1.54, 1.807) is 14.2 Å². The first-order chi connectivity index (χ1) is 14.2. The number of rotatable bonds is 6. The van der Waals surface area contributed by atoms with Crippen LogP contribution in [-0.2, 0) is 13.1 Å². The van der Waals surface area contributed by atoms with E-state index in [4.69, 9.17) is 4.74 Å². The van der Waals surface area contributed by atoms with Gasteiger partial charge in [-0.25, -0.2) is 4.79 Å². The van der Waals surface area contributed by atoms with Gasteiger partial charge in [0.15, 0.2) is 5.96 Å². The summed E-state index contributed by atoms with van der Waals surface area (Å²) >= 11 is 0. The fourth-order valence-electron chi connectivity index (χ4n) is 3.32. The lowest BCUT2D eigenvalue weighted by Gasteiger charge is -2.17. The van der Waals surface area contributed by atoms with Crippen LogP contribution in [0.2, 0.25) is 0 Å². The molecule has 2 amide bonds. The first-order valence-corrected chi connectivity index (χ1v) is 9.91. The minimum absolute atomic E-state index is 0. The van der Waals surface area contributed by atoms with E-state index in [2.05, 4.69) is 20.9 Å². The van der Waals surface area contributed by atoms with Crippen molar-refractivity contribution in [3.8, 4) is 5.75 Å². The van der Waals surface area contributed by atoms with Gasteiger partial charge in [-0.3, -0.25) is 4.99 Å². The molecule has 0 bridgehead atoms.